The standard InChI is InChI=1S/C11H17Si/c1-3-4-10-12(2)11-8-6-5-7-9-11/h5-9H,3-4,10H2,1-2H3/q-1. The van der Waals surface area contributed by atoms with E-state index in [1.165, 1.54) is 18.9 Å². The normalized spacial score (nSPS) is 9.83. The predicted octanol–water partition coefficient (Wildman–Crippen LogP) is 2.82. The first kappa shape index (κ1) is 9.52. The van der Waals surface area contributed by atoms with Crippen LogP contribution in [0.15, 0.2) is 30.3 Å². The van der Waals surface area contributed by atoms with E-state index in [4.69, 9.17) is 0 Å². The van der Waals surface area contributed by atoms with Gasteiger partial charge in [-0.3, -0.25) is 8.80 Å². The number of hydrogen-bond donors (Lipinski definition) is 0. The van der Waals surface area contributed by atoms with Crippen molar-refractivity contribution >= 4 is 14.0 Å². The lowest BCUT2D eigenvalue weighted by molar-refractivity contribution is 0.876. The first-order valence-corrected chi connectivity index (χ1v) is 6.93. The summed E-state index contributed by atoms with van der Waals surface area (Å²) in [6, 6.07) is 12.3. The SMILES string of the molecule is CCCC[Si-](C)c1ccccc1. The molecule has 12 heavy (non-hydrogen) atoms. The van der Waals surface area contributed by atoms with Crippen molar-refractivity contribution in [1.82, 2.24) is 0 Å². The summed E-state index contributed by atoms with van der Waals surface area (Å²) in [5.41, 5.74) is 0. The van der Waals surface area contributed by atoms with E-state index >= 15 is 0 Å². The summed E-state index contributed by atoms with van der Waals surface area (Å²) in [5, 5.41) is 1.58. The minimum atomic E-state index is -0.230. The highest BCUT2D eigenvalue weighted by atomic mass is 28.3. The number of unbranched alkanes of at least 4 members (excludes halogenated alkanes) is 1. The Bertz CT molecular complexity index is 206. The fraction of sp³-hybridized carbons (Fsp3) is 0.455. The van der Waals surface area contributed by atoms with Gasteiger partial charge in [-0.25, -0.2) is 0 Å². The van der Waals surface area contributed by atoms with Gasteiger partial charge in [0.1, 0.15) is 0 Å². The Morgan fingerprint density at radius 2 is 1.83 bits per heavy atom. The fourth-order valence-electron chi connectivity index (χ4n) is 1.31. The maximum atomic E-state index is 2.41. The average molecular weight is 177 g/mol. The highest BCUT2D eigenvalue weighted by molar-refractivity contribution is 6.71. The van der Waals surface area contributed by atoms with Gasteiger partial charge < -0.3 is 0 Å². The molecular weight excluding hydrogens is 160 g/mol. The average Bonchev–Trinajstić information content (AvgIpc) is 2.15. The molecule has 0 N–H and O–H groups in total. The van der Waals surface area contributed by atoms with Gasteiger partial charge in [-0.15, -0.1) is 0 Å². The zero-order valence-electron chi connectivity index (χ0n) is 8.01. The van der Waals surface area contributed by atoms with Crippen LogP contribution in [0.2, 0.25) is 12.6 Å². The molecule has 1 rings (SSSR count). The lowest BCUT2D eigenvalue weighted by Crippen LogP contribution is -2.25. The van der Waals surface area contributed by atoms with Crippen molar-refractivity contribution in [2.24, 2.45) is 0 Å². The fourth-order valence-corrected chi connectivity index (χ4v) is 3.24. The van der Waals surface area contributed by atoms with E-state index in [1.54, 1.807) is 5.19 Å². The number of rotatable bonds is 4. The lowest BCUT2D eigenvalue weighted by Gasteiger charge is -2.24. The highest BCUT2D eigenvalue weighted by Crippen LogP contribution is 2.01. The molecule has 0 fully saturated rings. The van der Waals surface area contributed by atoms with Crippen LogP contribution in [0.3, 0.4) is 0 Å². The van der Waals surface area contributed by atoms with Crippen LogP contribution < -0.4 is 5.19 Å². The molecule has 0 unspecified atom stereocenters. The van der Waals surface area contributed by atoms with Crippen LogP contribution in [0.4, 0.5) is 0 Å². The first-order valence-electron chi connectivity index (χ1n) is 4.72. The molecule has 0 aliphatic carbocycles. The second-order valence-corrected chi connectivity index (χ2v) is 5.89. The Hall–Kier alpha value is -0.563. The van der Waals surface area contributed by atoms with E-state index in [0.29, 0.717) is 0 Å². The summed E-state index contributed by atoms with van der Waals surface area (Å²) >= 11 is 0. The molecule has 0 saturated carbocycles. The van der Waals surface area contributed by atoms with E-state index in [0.717, 1.165) is 0 Å². The third-order valence-electron chi connectivity index (χ3n) is 2.17. The summed E-state index contributed by atoms with van der Waals surface area (Å²) in [4.78, 5) is 0. The third-order valence-corrected chi connectivity index (χ3v) is 4.59. The molecule has 0 amide bonds. The van der Waals surface area contributed by atoms with Gasteiger partial charge in [-0.1, -0.05) is 50.1 Å². The molecule has 0 nitrogen and oxygen atoms in total. The maximum Gasteiger partial charge on any atom is -0.0587 e. The van der Waals surface area contributed by atoms with Gasteiger partial charge in [-0.05, 0) is 0 Å². The van der Waals surface area contributed by atoms with Crippen molar-refractivity contribution in [3.05, 3.63) is 30.3 Å². The van der Waals surface area contributed by atoms with Crippen molar-refractivity contribution in [1.29, 1.82) is 0 Å². The van der Waals surface area contributed by atoms with Gasteiger partial charge in [0.25, 0.3) is 0 Å². The van der Waals surface area contributed by atoms with Crippen LogP contribution in [-0.4, -0.2) is 8.80 Å². The number of benzene rings is 1. The van der Waals surface area contributed by atoms with Crippen LogP contribution >= 0.6 is 0 Å². The maximum absolute atomic E-state index is 2.41. The number of hydrogen-bond acceptors (Lipinski definition) is 0. The molecular formula is C11H17Si-. The predicted molar refractivity (Wildman–Crippen MR) is 57.4 cm³/mol. The van der Waals surface area contributed by atoms with Gasteiger partial charge in [0, 0.05) is 0 Å². The second kappa shape index (κ2) is 5.15. The molecule has 0 atom stereocenters. The van der Waals surface area contributed by atoms with Crippen LogP contribution in [0, 0.1) is 0 Å². The minimum Gasteiger partial charge on any atom is -0.288 e. The summed E-state index contributed by atoms with van der Waals surface area (Å²) in [6.45, 7) is 4.68. The third kappa shape index (κ3) is 2.82. The van der Waals surface area contributed by atoms with Crippen molar-refractivity contribution in [3.63, 3.8) is 0 Å². The summed E-state index contributed by atoms with van der Waals surface area (Å²) < 4.78 is 0. The van der Waals surface area contributed by atoms with E-state index in [9.17, 15) is 0 Å². The molecule has 0 spiro atoms. The highest BCUT2D eigenvalue weighted by Gasteiger charge is 1.88. The first-order chi connectivity index (χ1) is 5.84. The molecule has 0 saturated heterocycles. The van der Waals surface area contributed by atoms with Gasteiger partial charge in [0.05, 0.1) is 0 Å². The zero-order valence-corrected chi connectivity index (χ0v) is 9.01. The van der Waals surface area contributed by atoms with Gasteiger partial charge >= 0.3 is 0 Å². The summed E-state index contributed by atoms with van der Waals surface area (Å²) in [7, 11) is -0.230. The molecule has 66 valence electrons. The van der Waals surface area contributed by atoms with Crippen LogP contribution in [0.5, 0.6) is 0 Å². The van der Waals surface area contributed by atoms with E-state index < -0.39 is 0 Å². The minimum absolute atomic E-state index is 0.230. The second-order valence-electron chi connectivity index (χ2n) is 3.25. The molecule has 1 heteroatoms. The molecule has 1 aromatic rings. The quantitative estimate of drug-likeness (QED) is 0.620. The molecule has 0 radical (unpaired) electrons. The van der Waals surface area contributed by atoms with Crippen LogP contribution in [-0.2, 0) is 0 Å². The van der Waals surface area contributed by atoms with E-state index in [2.05, 4.69) is 43.8 Å². The van der Waals surface area contributed by atoms with Gasteiger partial charge in [0.15, 0.2) is 0 Å². The lowest BCUT2D eigenvalue weighted by atomic mass is 10.4. The molecule has 0 aliphatic heterocycles. The van der Waals surface area contributed by atoms with Crippen molar-refractivity contribution in [2.45, 2.75) is 32.4 Å². The molecule has 0 bridgehead atoms. The Kier molecular flexibility index (Phi) is 4.09. The summed E-state index contributed by atoms with van der Waals surface area (Å²) in [6.07, 6.45) is 2.72. The molecule has 0 aromatic heterocycles. The monoisotopic (exact) mass is 177 g/mol. The largest absolute Gasteiger partial charge is 0.288 e. The van der Waals surface area contributed by atoms with Crippen molar-refractivity contribution in [3.8, 4) is 0 Å². The van der Waals surface area contributed by atoms with Crippen molar-refractivity contribution < 1.29 is 0 Å². The Labute approximate surface area is 77.2 Å². The smallest absolute Gasteiger partial charge is 0.0587 e. The summed E-state index contributed by atoms with van der Waals surface area (Å²) in [5.74, 6) is 0. The Balaban J connectivity index is 2.48. The Morgan fingerprint density at radius 3 is 2.42 bits per heavy atom. The molecule has 1 aromatic carbocycles. The van der Waals surface area contributed by atoms with E-state index in [-0.39, 0.29) is 8.80 Å². The Morgan fingerprint density at radius 1 is 1.17 bits per heavy atom. The van der Waals surface area contributed by atoms with Crippen LogP contribution in [0.25, 0.3) is 0 Å². The van der Waals surface area contributed by atoms with Gasteiger partial charge in [-0.2, -0.15) is 17.8 Å². The van der Waals surface area contributed by atoms with Gasteiger partial charge in [0.2, 0.25) is 0 Å². The van der Waals surface area contributed by atoms with E-state index in [1.807, 2.05) is 0 Å². The zero-order chi connectivity index (χ0) is 8.81. The molecule has 0 heterocycles. The molecule has 0 aliphatic rings. The van der Waals surface area contributed by atoms with Crippen LogP contribution in [0.1, 0.15) is 19.8 Å². The van der Waals surface area contributed by atoms with Crippen molar-refractivity contribution in [2.75, 3.05) is 0 Å². The topological polar surface area (TPSA) is 0 Å².